The molecule has 5 heteroatoms. The Morgan fingerprint density at radius 2 is 1.89 bits per heavy atom. The van der Waals surface area contributed by atoms with Crippen LogP contribution in [-0.4, -0.2) is 9.75 Å². The normalized spacial score (nSPS) is 19.1. The van der Waals surface area contributed by atoms with Crippen LogP contribution in [0.5, 0.6) is 0 Å². The summed E-state index contributed by atoms with van der Waals surface area (Å²) in [5.41, 5.74) is -0.354. The highest BCUT2D eigenvalue weighted by molar-refractivity contribution is 7.88. The molecule has 56 valence electrons. The molecule has 1 atom stereocenters. The lowest BCUT2D eigenvalue weighted by atomic mass is 10.1. The lowest BCUT2D eigenvalue weighted by Crippen LogP contribution is -2.43. The minimum absolute atomic E-state index is 0.354. The second-order valence-corrected chi connectivity index (χ2v) is 4.36. The van der Waals surface area contributed by atoms with E-state index in [1.807, 2.05) is 0 Å². The molecule has 0 aliphatic carbocycles. The fourth-order valence-corrected chi connectivity index (χ4v) is 1.36. The summed E-state index contributed by atoms with van der Waals surface area (Å²) < 4.78 is 19.7. The predicted octanol–water partition coefficient (Wildman–Crippen LogP) is 0.210. The molecule has 0 aromatic heterocycles. The van der Waals surface area contributed by atoms with E-state index in [0.717, 1.165) is 0 Å². The summed E-state index contributed by atoms with van der Waals surface area (Å²) in [5, 5.41) is 4.90. The SMILES string of the molecule is CC(C)(C)NS(=N)(N)=O. The summed E-state index contributed by atoms with van der Waals surface area (Å²) in [6.07, 6.45) is 0. The Hall–Kier alpha value is -0.130. The molecule has 0 aromatic rings. The minimum atomic E-state index is -3.03. The fourth-order valence-electron chi connectivity index (χ4n) is 0.455. The molecule has 0 saturated carbocycles. The Balaban J connectivity index is 4.07. The molecule has 0 aromatic carbocycles. The molecule has 0 bridgehead atoms. The largest absolute Gasteiger partial charge is 0.233 e. The van der Waals surface area contributed by atoms with Crippen LogP contribution in [0.4, 0.5) is 0 Å². The van der Waals surface area contributed by atoms with Gasteiger partial charge in [-0.05, 0) is 20.8 Å². The summed E-state index contributed by atoms with van der Waals surface area (Å²) in [4.78, 5) is 0. The van der Waals surface area contributed by atoms with Crippen LogP contribution in [0.3, 0.4) is 0 Å². The Labute approximate surface area is 56.1 Å². The molecule has 1 unspecified atom stereocenters. The van der Waals surface area contributed by atoms with Gasteiger partial charge in [0, 0.05) is 5.54 Å². The number of nitrogens with two attached hydrogens (primary N) is 1. The molecule has 4 N–H and O–H groups in total. The third-order valence-corrected chi connectivity index (χ3v) is 1.37. The molecule has 0 fully saturated rings. The zero-order chi connectivity index (χ0) is 7.71. The van der Waals surface area contributed by atoms with E-state index in [-0.39, 0.29) is 5.54 Å². The topological polar surface area (TPSA) is 79.0 Å². The fraction of sp³-hybridized carbons (Fsp3) is 1.00. The molecular weight excluding hydrogens is 138 g/mol. The molecule has 0 spiro atoms. The zero-order valence-corrected chi connectivity index (χ0v) is 6.71. The van der Waals surface area contributed by atoms with E-state index >= 15 is 0 Å². The van der Waals surface area contributed by atoms with Crippen molar-refractivity contribution in [2.24, 2.45) is 5.14 Å². The maximum atomic E-state index is 10.5. The van der Waals surface area contributed by atoms with Gasteiger partial charge in [0.2, 0.25) is 0 Å². The minimum Gasteiger partial charge on any atom is -0.233 e. The Morgan fingerprint density at radius 3 is 1.89 bits per heavy atom. The molecule has 0 aliphatic heterocycles. The molecule has 0 radical (unpaired) electrons. The van der Waals surface area contributed by atoms with Crippen LogP contribution in [0.25, 0.3) is 0 Å². The zero-order valence-electron chi connectivity index (χ0n) is 5.89. The summed E-state index contributed by atoms with van der Waals surface area (Å²) in [6, 6.07) is 0. The first-order chi connectivity index (χ1) is 3.71. The van der Waals surface area contributed by atoms with E-state index in [0.29, 0.717) is 0 Å². The van der Waals surface area contributed by atoms with Crippen LogP contribution in [0.2, 0.25) is 0 Å². The van der Waals surface area contributed by atoms with Gasteiger partial charge >= 0.3 is 0 Å². The highest BCUT2D eigenvalue weighted by Gasteiger charge is 2.12. The van der Waals surface area contributed by atoms with Crippen molar-refractivity contribution in [3.8, 4) is 0 Å². The van der Waals surface area contributed by atoms with Crippen molar-refractivity contribution < 1.29 is 4.21 Å². The van der Waals surface area contributed by atoms with E-state index in [1.54, 1.807) is 20.8 Å². The Morgan fingerprint density at radius 1 is 1.56 bits per heavy atom. The number of hydrogen-bond acceptors (Lipinski definition) is 2. The van der Waals surface area contributed by atoms with E-state index in [9.17, 15) is 4.21 Å². The van der Waals surface area contributed by atoms with E-state index in [2.05, 4.69) is 4.72 Å². The Kier molecular flexibility index (Phi) is 2.21. The molecule has 0 heterocycles. The van der Waals surface area contributed by atoms with Crippen molar-refractivity contribution in [3.05, 3.63) is 0 Å². The first kappa shape index (κ1) is 8.87. The maximum Gasteiger partial charge on any atom is 0.167 e. The van der Waals surface area contributed by atoms with E-state index < -0.39 is 10.1 Å². The van der Waals surface area contributed by atoms with Crippen molar-refractivity contribution in [2.75, 3.05) is 0 Å². The van der Waals surface area contributed by atoms with Crippen LogP contribution in [-0.2, 0) is 10.1 Å². The summed E-state index contributed by atoms with van der Waals surface area (Å²) in [6.45, 7) is 5.40. The number of nitrogens with one attached hydrogen (secondary N) is 2. The van der Waals surface area contributed by atoms with E-state index in [1.165, 1.54) is 0 Å². The van der Waals surface area contributed by atoms with Crippen molar-refractivity contribution in [1.82, 2.24) is 4.72 Å². The van der Waals surface area contributed by atoms with Crippen molar-refractivity contribution in [2.45, 2.75) is 26.3 Å². The third kappa shape index (κ3) is 7.87. The summed E-state index contributed by atoms with van der Waals surface area (Å²) in [5.74, 6) is 0. The third-order valence-electron chi connectivity index (χ3n) is 0.458. The average Bonchev–Trinajstić information content (AvgIpc) is 1.14. The standard InChI is InChI=1S/C4H13N3OS/c1-4(2,3)7-9(5,6)8/h1-3H3,(H4,5,6,7,8). The van der Waals surface area contributed by atoms with Gasteiger partial charge in [0.1, 0.15) is 0 Å². The van der Waals surface area contributed by atoms with Crippen LogP contribution in [0.15, 0.2) is 0 Å². The van der Waals surface area contributed by atoms with Gasteiger partial charge in [-0.15, -0.1) is 0 Å². The van der Waals surface area contributed by atoms with Gasteiger partial charge in [0.05, 0.1) is 0 Å². The lowest BCUT2D eigenvalue weighted by Gasteiger charge is -2.19. The van der Waals surface area contributed by atoms with E-state index in [4.69, 9.17) is 9.92 Å². The first-order valence-electron chi connectivity index (χ1n) is 2.56. The van der Waals surface area contributed by atoms with Crippen LogP contribution in [0, 0.1) is 4.78 Å². The monoisotopic (exact) mass is 151 g/mol. The molecule has 4 nitrogen and oxygen atoms in total. The smallest absolute Gasteiger partial charge is 0.167 e. The molecular formula is C4H13N3OS. The summed E-state index contributed by atoms with van der Waals surface area (Å²) in [7, 11) is -3.03. The lowest BCUT2D eigenvalue weighted by molar-refractivity contribution is 0.515. The highest BCUT2D eigenvalue weighted by atomic mass is 32.2. The summed E-state index contributed by atoms with van der Waals surface area (Å²) >= 11 is 0. The predicted molar refractivity (Wildman–Crippen MR) is 37.9 cm³/mol. The van der Waals surface area contributed by atoms with Crippen LogP contribution in [0.1, 0.15) is 20.8 Å². The molecule has 9 heavy (non-hydrogen) atoms. The second kappa shape index (κ2) is 2.24. The highest BCUT2D eigenvalue weighted by Crippen LogP contribution is 1.98. The quantitative estimate of drug-likeness (QED) is 0.492. The van der Waals surface area contributed by atoms with Gasteiger partial charge in [-0.25, -0.2) is 18.8 Å². The number of rotatable bonds is 1. The van der Waals surface area contributed by atoms with Crippen molar-refractivity contribution in [3.63, 3.8) is 0 Å². The van der Waals surface area contributed by atoms with Crippen LogP contribution < -0.4 is 9.86 Å². The molecule has 0 amide bonds. The van der Waals surface area contributed by atoms with Crippen molar-refractivity contribution >= 4 is 10.1 Å². The van der Waals surface area contributed by atoms with Crippen molar-refractivity contribution in [1.29, 1.82) is 4.78 Å². The number of hydrogen-bond donors (Lipinski definition) is 3. The van der Waals surface area contributed by atoms with Gasteiger partial charge < -0.3 is 0 Å². The average molecular weight is 151 g/mol. The molecule has 0 saturated heterocycles. The Bertz CT molecular complexity index is 176. The van der Waals surface area contributed by atoms with Gasteiger partial charge in [0.15, 0.2) is 10.1 Å². The van der Waals surface area contributed by atoms with Gasteiger partial charge in [0.25, 0.3) is 0 Å². The molecule has 0 aliphatic rings. The van der Waals surface area contributed by atoms with Gasteiger partial charge in [-0.1, -0.05) is 0 Å². The van der Waals surface area contributed by atoms with Gasteiger partial charge in [-0.3, -0.25) is 0 Å². The second-order valence-electron chi connectivity index (χ2n) is 2.95. The van der Waals surface area contributed by atoms with Crippen LogP contribution >= 0.6 is 0 Å². The van der Waals surface area contributed by atoms with Gasteiger partial charge in [-0.2, -0.15) is 0 Å². The molecule has 0 rings (SSSR count). The maximum absolute atomic E-state index is 10.5. The first-order valence-corrected chi connectivity index (χ1v) is 4.18.